The molecule has 12 heavy (non-hydrogen) atoms. The third kappa shape index (κ3) is 1.34. The predicted octanol–water partition coefficient (Wildman–Crippen LogP) is 2.09. The summed E-state index contributed by atoms with van der Waals surface area (Å²) in [7, 11) is 0. The van der Waals surface area contributed by atoms with Gasteiger partial charge < -0.3 is 5.73 Å². The fraction of sp³-hybridized carbons (Fsp3) is 0.800. The van der Waals surface area contributed by atoms with Crippen LogP contribution >= 0.6 is 12.4 Å². The number of rotatable bonds is 0. The first-order chi connectivity index (χ1) is 5.18. The van der Waals surface area contributed by atoms with Gasteiger partial charge in [-0.2, -0.15) is 0 Å². The Balaban J connectivity index is 0.000000720. The summed E-state index contributed by atoms with van der Waals surface area (Å²) in [5, 5.41) is 0. The molecular weight excluding hydrogens is 170 g/mol. The van der Waals surface area contributed by atoms with Crippen molar-refractivity contribution in [2.75, 3.05) is 0 Å². The Morgan fingerprint density at radius 1 is 1.17 bits per heavy atom. The molecular formula is C10H16ClN. The largest absolute Gasteiger partial charge is 0.315 e. The lowest BCUT2D eigenvalue weighted by Gasteiger charge is -2.50. The van der Waals surface area contributed by atoms with Gasteiger partial charge >= 0.3 is 0 Å². The van der Waals surface area contributed by atoms with E-state index in [1.54, 1.807) is 0 Å². The molecule has 2 heteroatoms. The molecule has 1 nitrogen and oxygen atoms in total. The summed E-state index contributed by atoms with van der Waals surface area (Å²) >= 11 is 0. The van der Waals surface area contributed by atoms with E-state index in [2.05, 4.69) is 5.92 Å². The van der Waals surface area contributed by atoms with E-state index in [1.165, 1.54) is 25.7 Å². The lowest BCUT2D eigenvalue weighted by Crippen LogP contribution is -2.56. The van der Waals surface area contributed by atoms with E-state index in [0.717, 1.165) is 12.8 Å². The van der Waals surface area contributed by atoms with Gasteiger partial charge in [-0.1, -0.05) is 18.8 Å². The van der Waals surface area contributed by atoms with Crippen molar-refractivity contribution >= 4 is 12.4 Å². The predicted molar refractivity (Wildman–Crippen MR) is 53.1 cm³/mol. The molecule has 0 aromatic carbocycles. The van der Waals surface area contributed by atoms with E-state index in [4.69, 9.17) is 12.2 Å². The smallest absolute Gasteiger partial charge is 0.0784 e. The first kappa shape index (κ1) is 9.89. The average Bonchev–Trinajstić information content (AvgIpc) is 2.35. The van der Waals surface area contributed by atoms with Crippen LogP contribution in [-0.4, -0.2) is 5.54 Å². The molecule has 0 heterocycles. The van der Waals surface area contributed by atoms with Crippen LogP contribution in [-0.2, 0) is 0 Å². The van der Waals surface area contributed by atoms with Crippen LogP contribution < -0.4 is 5.73 Å². The Labute approximate surface area is 80.5 Å². The third-order valence-electron chi connectivity index (χ3n) is 3.33. The van der Waals surface area contributed by atoms with E-state index >= 15 is 0 Å². The molecule has 2 saturated carbocycles. The Bertz CT molecular complexity index is 202. The van der Waals surface area contributed by atoms with Gasteiger partial charge in [-0.05, 0) is 31.1 Å². The zero-order valence-electron chi connectivity index (χ0n) is 7.31. The van der Waals surface area contributed by atoms with Gasteiger partial charge in [-0.25, -0.2) is 0 Å². The molecule has 2 fully saturated rings. The lowest BCUT2D eigenvalue weighted by molar-refractivity contribution is 0.0720. The molecule has 2 aliphatic rings. The lowest BCUT2D eigenvalue weighted by atomic mass is 9.57. The number of hydrogen-bond donors (Lipinski definition) is 1. The van der Waals surface area contributed by atoms with Gasteiger partial charge in [0.25, 0.3) is 0 Å². The topological polar surface area (TPSA) is 26.0 Å². The Morgan fingerprint density at radius 3 is 2.08 bits per heavy atom. The Hall–Kier alpha value is -0.190. The Kier molecular flexibility index (Phi) is 2.42. The van der Waals surface area contributed by atoms with E-state index in [0.29, 0.717) is 5.41 Å². The number of nitrogens with two attached hydrogens (primary N) is 1. The minimum absolute atomic E-state index is 0. The average molecular weight is 186 g/mol. The van der Waals surface area contributed by atoms with Gasteiger partial charge in [0.1, 0.15) is 0 Å². The SMILES string of the molecule is C#CC1(N)CC2(CCCC2)C1.Cl. The van der Waals surface area contributed by atoms with Crippen LogP contribution in [0, 0.1) is 17.8 Å². The molecule has 0 bridgehead atoms. The summed E-state index contributed by atoms with van der Waals surface area (Å²) in [5.74, 6) is 2.71. The van der Waals surface area contributed by atoms with Crippen molar-refractivity contribution < 1.29 is 0 Å². The molecule has 1 spiro atoms. The van der Waals surface area contributed by atoms with Crippen molar-refractivity contribution in [3.05, 3.63) is 0 Å². The van der Waals surface area contributed by atoms with Gasteiger partial charge in [-0.15, -0.1) is 18.8 Å². The summed E-state index contributed by atoms with van der Waals surface area (Å²) in [6.07, 6.45) is 13.0. The summed E-state index contributed by atoms with van der Waals surface area (Å²) in [6, 6.07) is 0. The van der Waals surface area contributed by atoms with Crippen LogP contribution in [0.3, 0.4) is 0 Å². The van der Waals surface area contributed by atoms with Gasteiger partial charge in [-0.3, -0.25) is 0 Å². The molecule has 0 radical (unpaired) electrons. The minimum atomic E-state index is -0.232. The molecule has 0 unspecified atom stereocenters. The van der Waals surface area contributed by atoms with Crippen LogP contribution in [0.5, 0.6) is 0 Å². The number of hydrogen-bond acceptors (Lipinski definition) is 1. The molecule has 68 valence electrons. The highest BCUT2D eigenvalue weighted by Gasteiger charge is 2.52. The molecule has 0 saturated heterocycles. The first-order valence-electron chi connectivity index (χ1n) is 4.45. The van der Waals surface area contributed by atoms with Gasteiger partial charge in [0, 0.05) is 0 Å². The molecule has 0 aromatic heterocycles. The normalized spacial score (nSPS) is 28.7. The second-order valence-electron chi connectivity index (χ2n) is 4.36. The van der Waals surface area contributed by atoms with E-state index < -0.39 is 0 Å². The van der Waals surface area contributed by atoms with Gasteiger partial charge in [0.05, 0.1) is 5.54 Å². The molecule has 0 aliphatic heterocycles. The van der Waals surface area contributed by atoms with Crippen LogP contribution in [0.4, 0.5) is 0 Å². The molecule has 2 aliphatic carbocycles. The highest BCUT2D eigenvalue weighted by Crippen LogP contribution is 2.56. The van der Waals surface area contributed by atoms with Crippen molar-refractivity contribution in [3.63, 3.8) is 0 Å². The fourth-order valence-electron chi connectivity index (χ4n) is 2.87. The standard InChI is InChI=1S/C10H15N.ClH/c1-2-10(11)7-9(8-10)5-3-4-6-9;/h1H,3-8,11H2;1H. The fourth-order valence-corrected chi connectivity index (χ4v) is 2.87. The number of halogens is 1. The molecule has 0 atom stereocenters. The zero-order valence-corrected chi connectivity index (χ0v) is 8.12. The summed E-state index contributed by atoms with van der Waals surface area (Å²) in [5.41, 5.74) is 6.27. The summed E-state index contributed by atoms with van der Waals surface area (Å²) in [4.78, 5) is 0. The molecule has 0 amide bonds. The van der Waals surface area contributed by atoms with Crippen LogP contribution in [0.1, 0.15) is 38.5 Å². The second kappa shape index (κ2) is 2.94. The Morgan fingerprint density at radius 2 is 1.67 bits per heavy atom. The van der Waals surface area contributed by atoms with Crippen molar-refractivity contribution in [1.82, 2.24) is 0 Å². The summed E-state index contributed by atoms with van der Waals surface area (Å²) in [6.45, 7) is 0. The van der Waals surface area contributed by atoms with Crippen LogP contribution in [0.15, 0.2) is 0 Å². The van der Waals surface area contributed by atoms with Gasteiger partial charge in [0.15, 0.2) is 0 Å². The maximum atomic E-state index is 5.92. The summed E-state index contributed by atoms with van der Waals surface area (Å²) < 4.78 is 0. The minimum Gasteiger partial charge on any atom is -0.315 e. The number of terminal acetylenes is 1. The van der Waals surface area contributed by atoms with E-state index in [-0.39, 0.29) is 17.9 Å². The monoisotopic (exact) mass is 185 g/mol. The first-order valence-corrected chi connectivity index (χ1v) is 4.45. The third-order valence-corrected chi connectivity index (χ3v) is 3.33. The molecule has 2 N–H and O–H groups in total. The quantitative estimate of drug-likeness (QED) is 0.575. The zero-order chi connectivity index (χ0) is 7.95. The highest BCUT2D eigenvalue weighted by atomic mass is 35.5. The maximum absolute atomic E-state index is 5.92. The van der Waals surface area contributed by atoms with Crippen molar-refractivity contribution in [1.29, 1.82) is 0 Å². The highest BCUT2D eigenvalue weighted by molar-refractivity contribution is 5.85. The van der Waals surface area contributed by atoms with Crippen LogP contribution in [0.25, 0.3) is 0 Å². The van der Waals surface area contributed by atoms with Crippen molar-refractivity contribution in [2.24, 2.45) is 11.1 Å². The molecule has 0 aromatic rings. The van der Waals surface area contributed by atoms with Gasteiger partial charge in [0.2, 0.25) is 0 Å². The van der Waals surface area contributed by atoms with E-state index in [9.17, 15) is 0 Å². The second-order valence-corrected chi connectivity index (χ2v) is 4.36. The van der Waals surface area contributed by atoms with Crippen molar-refractivity contribution in [2.45, 2.75) is 44.1 Å². The molecule has 2 rings (SSSR count). The maximum Gasteiger partial charge on any atom is 0.0784 e. The van der Waals surface area contributed by atoms with Crippen molar-refractivity contribution in [3.8, 4) is 12.3 Å². The van der Waals surface area contributed by atoms with Crippen LogP contribution in [0.2, 0.25) is 0 Å². The van der Waals surface area contributed by atoms with E-state index in [1.807, 2.05) is 0 Å².